The molecule has 0 radical (unpaired) electrons. The average Bonchev–Trinajstić information content (AvgIpc) is 2.45. The molecule has 0 saturated carbocycles. The molecule has 17 nitrogen and oxygen atoms in total. The molecule has 0 aromatic rings. The lowest BCUT2D eigenvalue weighted by Gasteiger charge is -2.21. The Labute approximate surface area is 571 Å². The van der Waals surface area contributed by atoms with Crippen molar-refractivity contribution in [2.24, 2.45) is 0 Å². The SMILES string of the molecule is CCC/C=C\C/C=C\CCCCCCCC(=O)OCC(COP(=O)(O)OCC(O)COP(=O)(O)OCC(COC(=O)CCCCCCC/C=C\C/C=C\CCCCC)OC(=O)CCCCCCC/C=C\CCCCCC)OC(=O)CCCCCCC/C=C\CCCCCC. The maximum Gasteiger partial charge on any atom is 0.472 e. The normalized spacial score (nSPS) is 14.4. The van der Waals surface area contributed by atoms with Gasteiger partial charge in [-0.1, -0.05) is 235 Å². The fourth-order valence-corrected chi connectivity index (χ4v) is 11.4. The molecule has 3 N–H and O–H groups in total. The van der Waals surface area contributed by atoms with E-state index in [-0.39, 0.29) is 25.7 Å². The molecule has 0 rings (SSSR count). The van der Waals surface area contributed by atoms with Crippen molar-refractivity contribution in [2.75, 3.05) is 39.6 Å². The van der Waals surface area contributed by atoms with E-state index in [2.05, 4.69) is 101 Å². The smallest absolute Gasteiger partial charge is 0.462 e. The zero-order valence-corrected chi connectivity index (χ0v) is 61.2. The number of carbonyl (C=O) groups excluding carboxylic acids is 4. The minimum atomic E-state index is -4.97. The number of aliphatic hydroxyl groups excluding tert-OH is 1. The van der Waals surface area contributed by atoms with E-state index >= 15 is 0 Å². The van der Waals surface area contributed by atoms with E-state index in [0.717, 1.165) is 173 Å². The molecule has 546 valence electrons. The highest BCUT2D eigenvalue weighted by atomic mass is 31.2. The van der Waals surface area contributed by atoms with Crippen LogP contribution in [0.2, 0.25) is 0 Å². The number of phosphoric ester groups is 2. The van der Waals surface area contributed by atoms with Crippen LogP contribution < -0.4 is 0 Å². The van der Waals surface area contributed by atoms with Crippen molar-refractivity contribution in [1.82, 2.24) is 0 Å². The van der Waals surface area contributed by atoms with E-state index < -0.39 is 97.5 Å². The fraction of sp³-hybridized carbons (Fsp3) is 0.787. The van der Waals surface area contributed by atoms with Crippen LogP contribution in [0, 0.1) is 0 Å². The summed E-state index contributed by atoms with van der Waals surface area (Å²) in [5, 5.41) is 10.6. The summed E-state index contributed by atoms with van der Waals surface area (Å²) in [4.78, 5) is 72.7. The highest BCUT2D eigenvalue weighted by molar-refractivity contribution is 7.47. The van der Waals surface area contributed by atoms with Crippen LogP contribution in [0.1, 0.15) is 323 Å². The topological polar surface area (TPSA) is 237 Å². The maximum absolute atomic E-state index is 13.0. The number of esters is 4. The van der Waals surface area contributed by atoms with E-state index in [1.807, 2.05) is 0 Å². The molecule has 0 fully saturated rings. The monoisotopic (exact) mass is 1370 g/mol. The standard InChI is InChI=1S/C75H134O17P2/c1-5-9-13-17-21-25-29-33-34-38-40-44-48-52-56-60-73(78)86-66-71(92-75(80)62-58-54-50-46-42-37-32-28-24-20-16-12-8-4)68-90-94(83,84)88-64-69(76)63-87-93(81,82)89-67-70(91-74(79)61-57-53-49-45-41-36-31-27-23-19-15-11-7-3)65-85-72(77)59-55-51-47-43-39-35-30-26-22-18-14-10-6-2/h14,18,21,25-28,30-34,69-71,76H,5-13,15-17,19-20,22-24,29,35-68H2,1-4H3,(H,81,82)(H,83,84)/b18-14-,25-21-,30-26-,31-27-,32-28-,34-33-. The third-order valence-electron chi connectivity index (χ3n) is 15.6. The van der Waals surface area contributed by atoms with Crippen molar-refractivity contribution < 1.29 is 80.2 Å². The Kier molecular flexibility index (Phi) is 65.5. The van der Waals surface area contributed by atoms with E-state index in [0.29, 0.717) is 25.7 Å². The van der Waals surface area contributed by atoms with Crippen molar-refractivity contribution >= 4 is 39.5 Å². The summed E-state index contributed by atoms with van der Waals surface area (Å²) < 4.78 is 68.3. The number of ether oxygens (including phenoxy) is 4. The van der Waals surface area contributed by atoms with E-state index in [1.165, 1.54) is 70.6 Å². The van der Waals surface area contributed by atoms with Gasteiger partial charge in [0, 0.05) is 25.7 Å². The van der Waals surface area contributed by atoms with Gasteiger partial charge in [-0.15, -0.1) is 0 Å². The molecule has 19 heteroatoms. The first kappa shape index (κ1) is 90.5. The second-order valence-corrected chi connectivity index (χ2v) is 27.8. The molecule has 5 unspecified atom stereocenters. The molecule has 0 aromatic carbocycles. The highest BCUT2D eigenvalue weighted by Gasteiger charge is 2.30. The Morgan fingerprint density at radius 3 is 0.862 bits per heavy atom. The summed E-state index contributed by atoms with van der Waals surface area (Å²) in [5.74, 6) is -2.21. The number of allylic oxidation sites excluding steroid dienone is 12. The van der Waals surface area contributed by atoms with Crippen molar-refractivity contribution in [3.63, 3.8) is 0 Å². The van der Waals surface area contributed by atoms with Crippen molar-refractivity contribution in [2.45, 2.75) is 341 Å². The number of unbranched alkanes of at least 4 members (excludes halogenated alkanes) is 32. The van der Waals surface area contributed by atoms with Gasteiger partial charge in [0.15, 0.2) is 12.2 Å². The van der Waals surface area contributed by atoms with Gasteiger partial charge < -0.3 is 33.8 Å². The predicted molar refractivity (Wildman–Crippen MR) is 381 cm³/mol. The highest BCUT2D eigenvalue weighted by Crippen LogP contribution is 2.45. The molecule has 0 saturated heterocycles. The lowest BCUT2D eigenvalue weighted by molar-refractivity contribution is -0.161. The molecular weight excluding hydrogens is 1230 g/mol. The lowest BCUT2D eigenvalue weighted by atomic mass is 10.1. The van der Waals surface area contributed by atoms with Crippen LogP contribution in [-0.4, -0.2) is 96.7 Å². The second-order valence-electron chi connectivity index (χ2n) is 24.9. The third-order valence-corrected chi connectivity index (χ3v) is 17.5. The Hall–Kier alpha value is -3.50. The van der Waals surface area contributed by atoms with E-state index in [1.54, 1.807) is 0 Å². The zero-order chi connectivity index (χ0) is 69.0. The van der Waals surface area contributed by atoms with Crippen LogP contribution >= 0.6 is 15.6 Å². The van der Waals surface area contributed by atoms with Crippen LogP contribution in [0.4, 0.5) is 0 Å². The lowest BCUT2D eigenvalue weighted by Crippen LogP contribution is -2.30. The van der Waals surface area contributed by atoms with Gasteiger partial charge in [0.25, 0.3) is 0 Å². The summed E-state index contributed by atoms with van der Waals surface area (Å²) in [5.41, 5.74) is 0. The number of hydrogen-bond acceptors (Lipinski definition) is 15. The molecule has 94 heavy (non-hydrogen) atoms. The van der Waals surface area contributed by atoms with Gasteiger partial charge in [-0.3, -0.25) is 37.3 Å². The first-order valence-corrected chi connectivity index (χ1v) is 40.2. The predicted octanol–water partition coefficient (Wildman–Crippen LogP) is 20.9. The minimum absolute atomic E-state index is 0.0837. The Balaban J connectivity index is 5.35. The molecule has 0 aliphatic carbocycles. The summed E-state index contributed by atoms with van der Waals surface area (Å²) in [7, 11) is -9.94. The van der Waals surface area contributed by atoms with Gasteiger partial charge in [0.1, 0.15) is 19.3 Å². The maximum atomic E-state index is 13.0. The number of carbonyl (C=O) groups is 4. The number of aliphatic hydroxyl groups is 1. The molecule has 0 bridgehead atoms. The summed E-state index contributed by atoms with van der Waals surface area (Å²) >= 11 is 0. The van der Waals surface area contributed by atoms with Gasteiger partial charge >= 0.3 is 39.5 Å². The Morgan fingerprint density at radius 2 is 0.543 bits per heavy atom. The van der Waals surface area contributed by atoms with Gasteiger partial charge in [-0.2, -0.15) is 0 Å². The molecule has 0 aromatic heterocycles. The summed E-state index contributed by atoms with van der Waals surface area (Å²) in [6, 6.07) is 0. The third kappa shape index (κ3) is 67.1. The van der Waals surface area contributed by atoms with Crippen LogP contribution in [0.15, 0.2) is 72.9 Å². The summed E-state index contributed by atoms with van der Waals surface area (Å²) in [6.45, 7) is 4.72. The van der Waals surface area contributed by atoms with Gasteiger partial charge in [0.05, 0.1) is 26.4 Å². The molecule has 5 atom stereocenters. The molecular formula is C75H134O17P2. The second kappa shape index (κ2) is 68.0. The van der Waals surface area contributed by atoms with Crippen LogP contribution in [-0.2, 0) is 65.4 Å². The summed E-state index contributed by atoms with van der Waals surface area (Å²) in [6.07, 6.45) is 66.1. The Morgan fingerprint density at radius 1 is 0.298 bits per heavy atom. The average molecular weight is 1370 g/mol. The van der Waals surface area contributed by atoms with Crippen molar-refractivity contribution in [1.29, 1.82) is 0 Å². The van der Waals surface area contributed by atoms with Gasteiger partial charge in [0.2, 0.25) is 0 Å². The zero-order valence-electron chi connectivity index (χ0n) is 59.4. The van der Waals surface area contributed by atoms with E-state index in [9.17, 15) is 43.2 Å². The molecule has 0 heterocycles. The minimum Gasteiger partial charge on any atom is -0.462 e. The van der Waals surface area contributed by atoms with Gasteiger partial charge in [-0.05, 0) is 135 Å². The molecule has 0 spiro atoms. The van der Waals surface area contributed by atoms with Crippen LogP contribution in [0.5, 0.6) is 0 Å². The molecule has 0 amide bonds. The first-order valence-electron chi connectivity index (χ1n) is 37.2. The quantitative estimate of drug-likeness (QED) is 0.0169. The largest absolute Gasteiger partial charge is 0.472 e. The van der Waals surface area contributed by atoms with Crippen LogP contribution in [0.3, 0.4) is 0 Å². The molecule has 0 aliphatic heterocycles. The van der Waals surface area contributed by atoms with Crippen LogP contribution in [0.25, 0.3) is 0 Å². The number of rotatable bonds is 70. The fourth-order valence-electron chi connectivity index (χ4n) is 9.86. The van der Waals surface area contributed by atoms with Crippen molar-refractivity contribution in [3.05, 3.63) is 72.9 Å². The van der Waals surface area contributed by atoms with Crippen molar-refractivity contribution in [3.8, 4) is 0 Å². The number of hydrogen-bond donors (Lipinski definition) is 3. The Bertz CT molecular complexity index is 2070. The molecule has 0 aliphatic rings. The number of phosphoric acid groups is 2. The van der Waals surface area contributed by atoms with E-state index in [4.69, 9.17) is 37.0 Å². The first-order chi connectivity index (χ1) is 45.7. The van der Waals surface area contributed by atoms with Gasteiger partial charge in [-0.25, -0.2) is 9.13 Å².